The first-order valence-corrected chi connectivity index (χ1v) is 10.1. The summed E-state index contributed by atoms with van der Waals surface area (Å²) in [6.07, 6.45) is 2.71. The quantitative estimate of drug-likeness (QED) is 0.797. The van der Waals surface area contributed by atoms with Crippen LogP contribution >= 0.6 is 11.6 Å². The van der Waals surface area contributed by atoms with Gasteiger partial charge in [-0.05, 0) is 42.9 Å². The number of aliphatic hydroxyl groups excluding tert-OH is 1. The molecule has 0 spiro atoms. The Hall–Kier alpha value is -2.16. The van der Waals surface area contributed by atoms with E-state index in [9.17, 15) is 9.90 Å². The molecule has 1 saturated carbocycles. The number of nitrogens with zero attached hydrogens (tertiary/aromatic N) is 4. The van der Waals surface area contributed by atoms with Gasteiger partial charge in [-0.15, -0.1) is 5.10 Å². The largest absolute Gasteiger partial charge is 0.495 e. The predicted molar refractivity (Wildman–Crippen MR) is 106 cm³/mol. The molecule has 2 fully saturated rings. The van der Waals surface area contributed by atoms with Crippen LogP contribution in [0.25, 0.3) is 0 Å². The summed E-state index contributed by atoms with van der Waals surface area (Å²) in [5.74, 6) is 1.10. The topological polar surface area (TPSA) is 89.7 Å². The van der Waals surface area contributed by atoms with E-state index in [4.69, 9.17) is 21.1 Å². The Morgan fingerprint density at radius 3 is 2.72 bits per heavy atom. The van der Waals surface area contributed by atoms with Gasteiger partial charge in [-0.1, -0.05) is 16.8 Å². The van der Waals surface area contributed by atoms with Gasteiger partial charge in [0.2, 0.25) is 0 Å². The molecular weight excluding hydrogens is 396 g/mol. The van der Waals surface area contributed by atoms with E-state index >= 15 is 0 Å². The van der Waals surface area contributed by atoms with Crippen molar-refractivity contribution in [2.75, 3.05) is 27.3 Å². The monoisotopic (exact) mass is 420 g/mol. The van der Waals surface area contributed by atoms with E-state index < -0.39 is 6.10 Å². The molecule has 0 unspecified atom stereocenters. The van der Waals surface area contributed by atoms with Crippen LogP contribution in [0, 0.1) is 11.8 Å². The fourth-order valence-corrected chi connectivity index (χ4v) is 4.79. The van der Waals surface area contributed by atoms with Crippen LogP contribution in [-0.2, 0) is 11.3 Å². The highest BCUT2D eigenvalue weighted by atomic mass is 35.5. The number of ether oxygens (including phenoxy) is 2. The lowest BCUT2D eigenvalue weighted by Crippen LogP contribution is -2.36. The minimum Gasteiger partial charge on any atom is -0.495 e. The lowest BCUT2D eigenvalue weighted by Gasteiger charge is -2.34. The minimum absolute atomic E-state index is 0.0434. The first kappa shape index (κ1) is 20.1. The lowest BCUT2D eigenvalue weighted by atomic mass is 9.77. The third-order valence-electron chi connectivity index (χ3n) is 5.98. The Kier molecular flexibility index (Phi) is 5.76. The summed E-state index contributed by atoms with van der Waals surface area (Å²) in [5.41, 5.74) is 1.29. The fourth-order valence-electron chi connectivity index (χ4n) is 4.53. The molecule has 9 heteroatoms. The van der Waals surface area contributed by atoms with Crippen molar-refractivity contribution in [3.05, 3.63) is 40.7 Å². The zero-order valence-electron chi connectivity index (χ0n) is 16.5. The van der Waals surface area contributed by atoms with Gasteiger partial charge in [0.1, 0.15) is 11.4 Å². The molecule has 2 aromatic rings. The SMILES string of the molecule is COCc1cn([C@@H]2C[C@@H]3CN(C(=O)c4ccc(OC)c(Cl)c4)C[C@@H]3C[C@H]2O)nn1. The molecule has 1 saturated heterocycles. The van der Waals surface area contributed by atoms with E-state index in [1.54, 1.807) is 37.1 Å². The van der Waals surface area contributed by atoms with Gasteiger partial charge in [0, 0.05) is 25.8 Å². The number of rotatable bonds is 5. The van der Waals surface area contributed by atoms with Crippen molar-refractivity contribution >= 4 is 17.5 Å². The number of methoxy groups -OCH3 is 2. The molecule has 1 aromatic carbocycles. The van der Waals surface area contributed by atoms with Crippen molar-refractivity contribution in [2.45, 2.75) is 31.6 Å². The highest BCUT2D eigenvalue weighted by Crippen LogP contribution is 2.41. The Morgan fingerprint density at radius 2 is 2.03 bits per heavy atom. The van der Waals surface area contributed by atoms with E-state index in [1.807, 2.05) is 11.1 Å². The van der Waals surface area contributed by atoms with Crippen LogP contribution in [0.1, 0.15) is 34.9 Å². The predicted octanol–water partition coefficient (Wildman–Crippen LogP) is 2.17. The van der Waals surface area contributed by atoms with Crippen molar-refractivity contribution in [3.63, 3.8) is 0 Å². The summed E-state index contributed by atoms with van der Waals surface area (Å²) in [7, 11) is 3.15. The Bertz CT molecular complexity index is 889. The maximum atomic E-state index is 13.0. The number of aliphatic hydroxyl groups is 1. The summed E-state index contributed by atoms with van der Waals surface area (Å²) in [4.78, 5) is 14.8. The molecule has 1 aliphatic heterocycles. The van der Waals surface area contributed by atoms with E-state index in [0.717, 1.165) is 12.1 Å². The van der Waals surface area contributed by atoms with Gasteiger partial charge in [0.25, 0.3) is 5.91 Å². The fraction of sp³-hybridized carbons (Fsp3) is 0.550. The number of fused-ring (bicyclic) bond motifs is 1. The molecule has 0 bridgehead atoms. The van der Waals surface area contributed by atoms with Gasteiger partial charge in [-0.25, -0.2) is 4.68 Å². The van der Waals surface area contributed by atoms with Crippen LogP contribution in [-0.4, -0.2) is 64.3 Å². The summed E-state index contributed by atoms with van der Waals surface area (Å²) >= 11 is 6.18. The maximum Gasteiger partial charge on any atom is 0.253 e. The molecular formula is C20H25ClN4O4. The van der Waals surface area contributed by atoms with E-state index in [2.05, 4.69) is 10.3 Å². The van der Waals surface area contributed by atoms with Crippen LogP contribution in [0.15, 0.2) is 24.4 Å². The molecule has 2 heterocycles. The van der Waals surface area contributed by atoms with Gasteiger partial charge in [0.15, 0.2) is 0 Å². The number of hydrogen-bond donors (Lipinski definition) is 1. The highest BCUT2D eigenvalue weighted by Gasteiger charge is 2.44. The number of amides is 1. The van der Waals surface area contributed by atoms with Crippen LogP contribution in [0.2, 0.25) is 5.02 Å². The average molecular weight is 421 g/mol. The molecule has 1 amide bonds. The third-order valence-corrected chi connectivity index (χ3v) is 6.28. The average Bonchev–Trinajstić information content (AvgIpc) is 3.33. The number of carbonyl (C=O) groups excluding carboxylic acids is 1. The van der Waals surface area contributed by atoms with Crippen molar-refractivity contribution < 1.29 is 19.4 Å². The second-order valence-corrected chi connectivity index (χ2v) is 8.22. The van der Waals surface area contributed by atoms with Crippen LogP contribution in [0.4, 0.5) is 0 Å². The van der Waals surface area contributed by atoms with E-state index in [1.165, 1.54) is 0 Å². The molecule has 156 valence electrons. The van der Waals surface area contributed by atoms with Crippen molar-refractivity contribution in [3.8, 4) is 5.75 Å². The zero-order chi connectivity index (χ0) is 20.5. The molecule has 1 aliphatic carbocycles. The third kappa shape index (κ3) is 3.97. The first-order valence-electron chi connectivity index (χ1n) is 9.70. The molecule has 0 radical (unpaired) electrons. The Morgan fingerprint density at radius 1 is 1.28 bits per heavy atom. The normalized spacial score (nSPS) is 26.4. The van der Waals surface area contributed by atoms with Crippen LogP contribution in [0.5, 0.6) is 5.75 Å². The molecule has 4 rings (SSSR count). The van der Waals surface area contributed by atoms with Crippen LogP contribution < -0.4 is 4.74 Å². The molecule has 1 aromatic heterocycles. The smallest absolute Gasteiger partial charge is 0.253 e. The van der Waals surface area contributed by atoms with Crippen LogP contribution in [0.3, 0.4) is 0 Å². The number of benzene rings is 1. The number of halogens is 1. The second kappa shape index (κ2) is 8.30. The van der Waals surface area contributed by atoms with Gasteiger partial charge in [-0.3, -0.25) is 4.79 Å². The number of hydrogen-bond acceptors (Lipinski definition) is 6. The van der Waals surface area contributed by atoms with E-state index in [0.29, 0.717) is 48.4 Å². The van der Waals surface area contributed by atoms with Gasteiger partial charge in [0.05, 0.1) is 37.1 Å². The summed E-state index contributed by atoms with van der Waals surface area (Å²) in [5, 5.41) is 19.4. The molecule has 2 aliphatic rings. The van der Waals surface area contributed by atoms with Crippen molar-refractivity contribution in [2.24, 2.45) is 11.8 Å². The summed E-state index contributed by atoms with van der Waals surface area (Å²) < 4.78 is 12.0. The maximum absolute atomic E-state index is 13.0. The molecule has 8 nitrogen and oxygen atoms in total. The van der Waals surface area contributed by atoms with Crippen molar-refractivity contribution in [1.82, 2.24) is 19.9 Å². The van der Waals surface area contributed by atoms with Gasteiger partial charge in [-0.2, -0.15) is 0 Å². The standard InChI is InChI=1S/C20H25ClN4O4/c1-28-11-15-10-25(23-22-15)17-6-13-8-24(9-14(13)7-18(17)26)20(27)12-3-4-19(29-2)16(21)5-12/h3-5,10,13-14,17-18,26H,6-9,11H2,1-2H3/t13-,14+,17-,18-/m1/s1. The summed E-state index contributed by atoms with van der Waals surface area (Å²) in [6.45, 7) is 1.70. The Labute approximate surface area is 174 Å². The minimum atomic E-state index is -0.515. The highest BCUT2D eigenvalue weighted by molar-refractivity contribution is 6.32. The Balaban J connectivity index is 1.45. The van der Waals surface area contributed by atoms with Crippen molar-refractivity contribution in [1.29, 1.82) is 0 Å². The molecule has 1 N–H and O–H groups in total. The van der Waals surface area contributed by atoms with Gasteiger partial charge < -0.3 is 19.5 Å². The summed E-state index contributed by atoms with van der Waals surface area (Å²) in [6, 6.07) is 4.95. The first-order chi connectivity index (χ1) is 14.0. The zero-order valence-corrected chi connectivity index (χ0v) is 17.2. The van der Waals surface area contributed by atoms with E-state index in [-0.39, 0.29) is 17.9 Å². The lowest BCUT2D eigenvalue weighted by molar-refractivity contribution is 0.0298. The number of aromatic nitrogens is 3. The number of carbonyl (C=O) groups is 1. The molecule has 29 heavy (non-hydrogen) atoms. The number of likely N-dealkylation sites (tertiary alicyclic amines) is 1. The molecule has 4 atom stereocenters. The van der Waals surface area contributed by atoms with Gasteiger partial charge >= 0.3 is 0 Å². The second-order valence-electron chi connectivity index (χ2n) is 7.81.